The van der Waals surface area contributed by atoms with Crippen molar-refractivity contribution in [2.45, 2.75) is 57.8 Å². The number of allylic oxidation sites excluding steroid dienone is 1. The van der Waals surface area contributed by atoms with Crippen LogP contribution in [0.2, 0.25) is 0 Å². The van der Waals surface area contributed by atoms with Crippen LogP contribution in [0.1, 0.15) is 57.8 Å². The Balaban J connectivity index is 2.09. The van der Waals surface area contributed by atoms with Crippen molar-refractivity contribution in [2.75, 3.05) is 6.54 Å². The van der Waals surface area contributed by atoms with Crippen LogP contribution < -0.4 is 5.32 Å². The van der Waals surface area contributed by atoms with Crippen molar-refractivity contribution < 1.29 is 0 Å². The Morgan fingerprint density at radius 3 is 2.08 bits per heavy atom. The molecule has 0 saturated carbocycles. The van der Waals surface area contributed by atoms with Gasteiger partial charge in [-0.05, 0) is 25.5 Å². The molecule has 1 heteroatoms. The van der Waals surface area contributed by atoms with Crippen molar-refractivity contribution in [3.8, 4) is 0 Å². The number of hydrogen-bond acceptors (Lipinski definition) is 1. The zero-order chi connectivity index (χ0) is 9.19. The maximum atomic E-state index is 3.34. The third-order valence-electron chi connectivity index (χ3n) is 2.68. The summed E-state index contributed by atoms with van der Waals surface area (Å²) in [6.45, 7) is 1.16. The van der Waals surface area contributed by atoms with Crippen molar-refractivity contribution in [3.63, 3.8) is 0 Å². The van der Waals surface area contributed by atoms with E-state index in [2.05, 4.69) is 17.6 Å². The fourth-order valence-corrected chi connectivity index (χ4v) is 1.80. The minimum Gasteiger partial charge on any atom is -0.391 e. The van der Waals surface area contributed by atoms with Crippen LogP contribution in [0.15, 0.2) is 12.3 Å². The van der Waals surface area contributed by atoms with Gasteiger partial charge in [-0.25, -0.2) is 0 Å². The average molecular weight is 181 g/mol. The van der Waals surface area contributed by atoms with E-state index in [4.69, 9.17) is 0 Å². The molecule has 1 rings (SSSR count). The third kappa shape index (κ3) is 6.68. The molecule has 0 atom stereocenters. The second kappa shape index (κ2) is 8.15. The maximum absolute atomic E-state index is 3.34. The van der Waals surface area contributed by atoms with Crippen molar-refractivity contribution in [2.24, 2.45) is 0 Å². The number of nitrogens with one attached hydrogen (secondary N) is 1. The predicted molar refractivity (Wildman–Crippen MR) is 58.7 cm³/mol. The van der Waals surface area contributed by atoms with Gasteiger partial charge in [0.15, 0.2) is 0 Å². The largest absolute Gasteiger partial charge is 0.391 e. The molecular weight excluding hydrogens is 158 g/mol. The molecule has 0 aromatic rings. The van der Waals surface area contributed by atoms with Crippen molar-refractivity contribution in [1.82, 2.24) is 5.32 Å². The highest BCUT2D eigenvalue weighted by Crippen LogP contribution is 2.10. The van der Waals surface area contributed by atoms with Gasteiger partial charge in [0.25, 0.3) is 0 Å². The molecule has 1 N–H and O–H groups in total. The first-order valence-corrected chi connectivity index (χ1v) is 5.88. The molecule has 13 heavy (non-hydrogen) atoms. The molecule has 0 aromatic heterocycles. The Hall–Kier alpha value is -0.460. The van der Waals surface area contributed by atoms with Gasteiger partial charge < -0.3 is 5.32 Å². The highest BCUT2D eigenvalue weighted by molar-refractivity contribution is 4.79. The first-order valence-electron chi connectivity index (χ1n) is 5.88. The lowest BCUT2D eigenvalue weighted by molar-refractivity contribution is 0.569. The van der Waals surface area contributed by atoms with E-state index in [9.17, 15) is 0 Å². The molecule has 0 aromatic carbocycles. The molecule has 0 saturated heterocycles. The standard InChI is InChI=1S/C12H23N/c1-2-4-6-8-10-12-13-11-9-7-5-3-1/h9,11,13H,1-8,10,12H2. The highest BCUT2D eigenvalue weighted by Gasteiger charge is 1.92. The van der Waals surface area contributed by atoms with E-state index < -0.39 is 0 Å². The van der Waals surface area contributed by atoms with Crippen LogP contribution in [-0.2, 0) is 0 Å². The van der Waals surface area contributed by atoms with Gasteiger partial charge in [-0.3, -0.25) is 0 Å². The molecule has 76 valence electrons. The van der Waals surface area contributed by atoms with E-state index in [1.165, 1.54) is 57.8 Å². The highest BCUT2D eigenvalue weighted by atomic mass is 14.8. The Morgan fingerprint density at radius 2 is 1.31 bits per heavy atom. The number of rotatable bonds is 0. The van der Waals surface area contributed by atoms with Crippen molar-refractivity contribution >= 4 is 0 Å². The first-order chi connectivity index (χ1) is 6.50. The van der Waals surface area contributed by atoms with Crippen molar-refractivity contribution in [1.29, 1.82) is 0 Å². The fraction of sp³-hybridized carbons (Fsp3) is 0.833. The quantitative estimate of drug-likeness (QED) is 0.602. The molecule has 0 unspecified atom stereocenters. The van der Waals surface area contributed by atoms with Gasteiger partial charge in [0.1, 0.15) is 0 Å². The molecule has 0 radical (unpaired) electrons. The summed E-state index contributed by atoms with van der Waals surface area (Å²) in [6, 6.07) is 0. The molecule has 1 aliphatic rings. The van der Waals surface area contributed by atoms with Crippen LogP contribution >= 0.6 is 0 Å². The monoisotopic (exact) mass is 181 g/mol. The van der Waals surface area contributed by atoms with E-state index in [0.29, 0.717) is 0 Å². The maximum Gasteiger partial charge on any atom is 0.0141 e. The second-order valence-corrected chi connectivity index (χ2v) is 3.97. The van der Waals surface area contributed by atoms with E-state index in [1.807, 2.05) is 0 Å². The van der Waals surface area contributed by atoms with E-state index in [0.717, 1.165) is 6.54 Å². The Morgan fingerprint density at radius 1 is 0.692 bits per heavy atom. The van der Waals surface area contributed by atoms with Crippen LogP contribution in [0.3, 0.4) is 0 Å². The summed E-state index contributed by atoms with van der Waals surface area (Å²) in [5, 5.41) is 3.34. The van der Waals surface area contributed by atoms with Crippen LogP contribution in [0.25, 0.3) is 0 Å². The Kier molecular flexibility index (Phi) is 6.66. The predicted octanol–water partition coefficient (Wildman–Crippen LogP) is 3.61. The lowest BCUT2D eigenvalue weighted by Crippen LogP contribution is -2.06. The van der Waals surface area contributed by atoms with Gasteiger partial charge in [-0.15, -0.1) is 0 Å². The summed E-state index contributed by atoms with van der Waals surface area (Å²) >= 11 is 0. The minimum atomic E-state index is 1.16. The van der Waals surface area contributed by atoms with E-state index in [1.54, 1.807) is 0 Å². The molecule has 0 aliphatic carbocycles. The summed E-state index contributed by atoms with van der Waals surface area (Å²) in [4.78, 5) is 0. The topological polar surface area (TPSA) is 12.0 Å². The lowest BCUT2D eigenvalue weighted by atomic mass is 10.1. The molecule has 1 aliphatic heterocycles. The summed E-state index contributed by atoms with van der Waals surface area (Å²) in [7, 11) is 0. The van der Waals surface area contributed by atoms with E-state index >= 15 is 0 Å². The van der Waals surface area contributed by atoms with Gasteiger partial charge in [0.05, 0.1) is 0 Å². The van der Waals surface area contributed by atoms with Crippen LogP contribution in [0.4, 0.5) is 0 Å². The molecule has 0 amide bonds. The Bertz CT molecular complexity index is 115. The summed E-state index contributed by atoms with van der Waals surface area (Å²) in [5.74, 6) is 0. The van der Waals surface area contributed by atoms with Crippen LogP contribution in [-0.4, -0.2) is 6.54 Å². The molecule has 0 bridgehead atoms. The van der Waals surface area contributed by atoms with Gasteiger partial charge in [0, 0.05) is 6.54 Å². The summed E-state index contributed by atoms with van der Waals surface area (Å²) in [5.41, 5.74) is 0. The summed E-state index contributed by atoms with van der Waals surface area (Å²) in [6.07, 6.45) is 17.0. The molecule has 0 fully saturated rings. The normalized spacial score (nSPS) is 22.2. The molecule has 0 spiro atoms. The van der Waals surface area contributed by atoms with E-state index in [-0.39, 0.29) is 0 Å². The zero-order valence-electron chi connectivity index (χ0n) is 8.73. The SMILES string of the molecule is C1=CNCCCCCCCCCC1. The fourth-order valence-electron chi connectivity index (χ4n) is 1.80. The molecule has 1 heterocycles. The first kappa shape index (κ1) is 10.6. The smallest absolute Gasteiger partial charge is 0.0141 e. The van der Waals surface area contributed by atoms with Crippen molar-refractivity contribution in [3.05, 3.63) is 12.3 Å². The number of hydrogen-bond donors (Lipinski definition) is 1. The zero-order valence-corrected chi connectivity index (χ0v) is 8.73. The van der Waals surface area contributed by atoms with Crippen LogP contribution in [0.5, 0.6) is 0 Å². The Labute approximate surface area is 82.6 Å². The van der Waals surface area contributed by atoms with Gasteiger partial charge in [0.2, 0.25) is 0 Å². The van der Waals surface area contributed by atoms with Gasteiger partial charge in [-0.1, -0.05) is 44.6 Å². The second-order valence-electron chi connectivity index (χ2n) is 3.97. The molecular formula is C12H23N. The minimum absolute atomic E-state index is 1.16. The van der Waals surface area contributed by atoms with Crippen LogP contribution in [0, 0.1) is 0 Å². The van der Waals surface area contributed by atoms with Gasteiger partial charge >= 0.3 is 0 Å². The molecule has 1 nitrogen and oxygen atoms in total. The summed E-state index contributed by atoms with van der Waals surface area (Å²) < 4.78 is 0. The average Bonchev–Trinajstić information content (AvgIpc) is 2.18. The third-order valence-corrected chi connectivity index (χ3v) is 2.68. The van der Waals surface area contributed by atoms with Gasteiger partial charge in [-0.2, -0.15) is 0 Å². The lowest BCUT2D eigenvalue weighted by Gasteiger charge is -2.00.